The lowest BCUT2D eigenvalue weighted by molar-refractivity contribution is -0.118. The van der Waals surface area contributed by atoms with Gasteiger partial charge in [-0.05, 0) is 29.5 Å². The number of hydrogen-bond donors (Lipinski definition) is 2. The lowest BCUT2D eigenvalue weighted by Crippen LogP contribution is -2.42. The minimum absolute atomic E-state index is 0.0564. The number of methoxy groups -OCH3 is 2. The van der Waals surface area contributed by atoms with E-state index >= 15 is 0 Å². The number of carbonyl (C=O) groups is 2. The minimum Gasteiger partial charge on any atom is -0.493 e. The third kappa shape index (κ3) is 4.64. The summed E-state index contributed by atoms with van der Waals surface area (Å²) in [4.78, 5) is 26.5. The maximum Gasteiger partial charge on any atom is 0.227 e. The zero-order chi connectivity index (χ0) is 26.2. The number of anilines is 1. The molecular formula is C24H26N6O4S2. The van der Waals surface area contributed by atoms with Crippen molar-refractivity contribution >= 4 is 39.9 Å². The van der Waals surface area contributed by atoms with Crippen LogP contribution in [-0.2, 0) is 9.59 Å². The Labute approximate surface area is 216 Å². The molecule has 2 aromatic rings. The van der Waals surface area contributed by atoms with Gasteiger partial charge in [-0.1, -0.05) is 43.0 Å². The number of allylic oxidation sites excluding steroid dienone is 3. The van der Waals surface area contributed by atoms with Crippen LogP contribution in [0.2, 0.25) is 0 Å². The number of aromatic nitrogens is 2. The normalized spacial score (nSPS) is 19.1. The van der Waals surface area contributed by atoms with Crippen LogP contribution in [0.3, 0.4) is 0 Å². The monoisotopic (exact) mass is 526 g/mol. The molecular weight excluding hydrogens is 500 g/mol. The molecule has 4 N–H and O–H groups in total. The maximum absolute atomic E-state index is 13.6. The lowest BCUT2D eigenvalue weighted by atomic mass is 9.68. The maximum atomic E-state index is 13.6. The second-order valence-electron chi connectivity index (χ2n) is 9.20. The molecule has 1 aliphatic heterocycles. The number of amides is 1. The topological polar surface area (TPSA) is 157 Å². The molecule has 0 saturated carbocycles. The highest BCUT2D eigenvalue weighted by atomic mass is 32.2. The largest absolute Gasteiger partial charge is 0.493 e. The van der Waals surface area contributed by atoms with Crippen LogP contribution in [0.5, 0.6) is 11.5 Å². The average molecular weight is 527 g/mol. The van der Waals surface area contributed by atoms with Crippen molar-refractivity contribution in [3.63, 3.8) is 0 Å². The first-order valence-electron chi connectivity index (χ1n) is 11.0. The molecule has 0 spiro atoms. The number of carbonyl (C=O) groups excluding carboxylic acids is 2. The van der Waals surface area contributed by atoms with Gasteiger partial charge in [0.1, 0.15) is 5.82 Å². The molecule has 1 unspecified atom stereocenters. The van der Waals surface area contributed by atoms with Crippen LogP contribution >= 0.6 is 23.1 Å². The summed E-state index contributed by atoms with van der Waals surface area (Å²) in [5, 5.41) is 19.0. The Hall–Kier alpha value is -3.56. The van der Waals surface area contributed by atoms with Crippen LogP contribution in [0.1, 0.15) is 38.2 Å². The van der Waals surface area contributed by atoms with Crippen molar-refractivity contribution in [3.8, 4) is 17.6 Å². The van der Waals surface area contributed by atoms with E-state index < -0.39 is 11.8 Å². The first kappa shape index (κ1) is 25.5. The molecule has 1 aromatic carbocycles. The van der Waals surface area contributed by atoms with Gasteiger partial charge in [0, 0.05) is 17.7 Å². The highest BCUT2D eigenvalue weighted by molar-refractivity contribution is 8.01. The quantitative estimate of drug-likeness (QED) is 0.514. The number of ketones is 1. The summed E-state index contributed by atoms with van der Waals surface area (Å²) < 4.78 is 11.4. The smallest absolute Gasteiger partial charge is 0.227 e. The second kappa shape index (κ2) is 9.83. The van der Waals surface area contributed by atoms with Crippen molar-refractivity contribution in [2.45, 2.75) is 36.9 Å². The predicted octanol–water partition coefficient (Wildman–Crippen LogP) is 3.07. The van der Waals surface area contributed by atoms with Crippen molar-refractivity contribution in [3.05, 3.63) is 46.4 Å². The van der Waals surface area contributed by atoms with Gasteiger partial charge in [-0.3, -0.25) is 14.5 Å². The summed E-state index contributed by atoms with van der Waals surface area (Å²) >= 11 is 2.38. The number of Topliss-reactive ketones (excluding diaryl/α,β-unsaturated/α-hetero) is 1. The van der Waals surface area contributed by atoms with Crippen LogP contribution in [0.4, 0.5) is 5.13 Å². The molecule has 1 aliphatic carbocycles. The fourth-order valence-electron chi connectivity index (χ4n) is 4.58. The second-order valence-corrected chi connectivity index (χ2v) is 11.4. The zero-order valence-electron chi connectivity index (χ0n) is 20.3. The Morgan fingerprint density at radius 2 is 2.00 bits per heavy atom. The molecule has 0 radical (unpaired) electrons. The standard InChI is InChI=1S/C24H26N6O4S2/c1-24(2)8-14-20(15(31)9-24)19(12-5-6-16(33-3)17(7-12)34-4)13(10-25)21(27)30(14)22-28-29-23(36-22)35-11-18(26)32/h5-7,19H,8-9,11,27H2,1-4H3,(H2,26,32). The van der Waals surface area contributed by atoms with E-state index in [1.807, 2.05) is 19.9 Å². The number of ether oxygens (including phenoxy) is 2. The fraction of sp³-hybridized carbons (Fsp3) is 0.375. The summed E-state index contributed by atoms with van der Waals surface area (Å²) in [5.41, 5.74) is 13.7. The molecule has 4 rings (SSSR count). The molecule has 10 nitrogen and oxygen atoms in total. The summed E-state index contributed by atoms with van der Waals surface area (Å²) in [7, 11) is 3.07. The Balaban J connectivity index is 1.90. The van der Waals surface area contributed by atoms with Gasteiger partial charge >= 0.3 is 0 Å². The third-order valence-electron chi connectivity index (χ3n) is 6.05. The van der Waals surface area contributed by atoms with Crippen molar-refractivity contribution in [1.82, 2.24) is 10.2 Å². The molecule has 0 saturated heterocycles. The third-order valence-corrected chi connectivity index (χ3v) is 8.11. The van der Waals surface area contributed by atoms with Crippen LogP contribution < -0.4 is 25.8 Å². The SMILES string of the molecule is COc1ccc(C2C(C#N)=C(N)N(c3nnc(SCC(N)=O)s3)C3=C2C(=O)CC(C)(C)C3)cc1OC. The van der Waals surface area contributed by atoms with Gasteiger partial charge < -0.3 is 20.9 Å². The minimum atomic E-state index is -0.665. The van der Waals surface area contributed by atoms with Crippen molar-refractivity contribution in [1.29, 1.82) is 5.26 Å². The summed E-state index contributed by atoms with van der Waals surface area (Å²) in [6, 6.07) is 7.56. The Morgan fingerprint density at radius 3 is 2.64 bits per heavy atom. The molecule has 0 bridgehead atoms. The summed E-state index contributed by atoms with van der Waals surface area (Å²) in [5.74, 6) is 0.0749. The van der Waals surface area contributed by atoms with Gasteiger partial charge in [-0.15, -0.1) is 10.2 Å². The number of thioether (sulfide) groups is 1. The summed E-state index contributed by atoms with van der Waals surface area (Å²) in [6.07, 6.45) is 0.874. The molecule has 0 fully saturated rings. The van der Waals surface area contributed by atoms with E-state index in [9.17, 15) is 14.9 Å². The van der Waals surface area contributed by atoms with Gasteiger partial charge in [0.2, 0.25) is 11.0 Å². The van der Waals surface area contributed by atoms with Gasteiger partial charge in [-0.2, -0.15) is 5.26 Å². The Morgan fingerprint density at radius 1 is 1.28 bits per heavy atom. The van der Waals surface area contributed by atoms with Crippen LogP contribution in [0.15, 0.2) is 45.2 Å². The molecule has 2 heterocycles. The van der Waals surface area contributed by atoms with Crippen LogP contribution in [0.25, 0.3) is 0 Å². The number of nitrogens with zero attached hydrogens (tertiary/aromatic N) is 4. The Bertz CT molecular complexity index is 1340. The molecule has 188 valence electrons. The first-order valence-corrected chi connectivity index (χ1v) is 12.8. The van der Waals surface area contributed by atoms with E-state index in [1.54, 1.807) is 24.1 Å². The van der Waals surface area contributed by atoms with Crippen LogP contribution in [0, 0.1) is 16.7 Å². The van der Waals surface area contributed by atoms with Crippen molar-refractivity contribution < 1.29 is 19.1 Å². The van der Waals surface area contributed by atoms with E-state index in [0.29, 0.717) is 50.6 Å². The lowest BCUT2D eigenvalue weighted by Gasteiger charge is -2.42. The van der Waals surface area contributed by atoms with Crippen molar-refractivity contribution in [2.24, 2.45) is 16.9 Å². The van der Waals surface area contributed by atoms with E-state index in [2.05, 4.69) is 16.3 Å². The number of benzene rings is 1. The number of hydrogen-bond acceptors (Lipinski definition) is 11. The van der Waals surface area contributed by atoms with E-state index in [1.165, 1.54) is 30.2 Å². The molecule has 36 heavy (non-hydrogen) atoms. The molecule has 1 amide bonds. The predicted molar refractivity (Wildman–Crippen MR) is 136 cm³/mol. The van der Waals surface area contributed by atoms with Crippen molar-refractivity contribution in [2.75, 3.05) is 24.9 Å². The summed E-state index contributed by atoms with van der Waals surface area (Å²) in [6.45, 7) is 4.04. The molecule has 1 aromatic heterocycles. The van der Waals surface area contributed by atoms with Gasteiger partial charge in [0.25, 0.3) is 0 Å². The van der Waals surface area contributed by atoms with E-state index in [0.717, 1.165) is 0 Å². The fourth-order valence-corrected chi connectivity index (χ4v) is 6.20. The average Bonchev–Trinajstić information content (AvgIpc) is 3.29. The number of rotatable bonds is 7. The first-order chi connectivity index (χ1) is 17.1. The number of primary amides is 1. The molecule has 1 atom stereocenters. The highest BCUT2D eigenvalue weighted by Gasteiger charge is 2.45. The highest BCUT2D eigenvalue weighted by Crippen LogP contribution is 2.51. The van der Waals surface area contributed by atoms with Gasteiger partial charge in [-0.25, -0.2) is 0 Å². The van der Waals surface area contributed by atoms with Crippen LogP contribution in [-0.4, -0.2) is 41.9 Å². The number of nitrogens with two attached hydrogens (primary N) is 2. The van der Waals surface area contributed by atoms with E-state index in [-0.39, 0.29) is 28.3 Å². The van der Waals surface area contributed by atoms with E-state index in [4.69, 9.17) is 20.9 Å². The Kier molecular flexibility index (Phi) is 6.97. The molecule has 12 heteroatoms. The molecule has 2 aliphatic rings. The van der Waals surface area contributed by atoms with Gasteiger partial charge in [0.05, 0.1) is 37.5 Å². The number of nitriles is 1. The van der Waals surface area contributed by atoms with Gasteiger partial charge in [0.15, 0.2) is 21.6 Å². The zero-order valence-corrected chi connectivity index (χ0v) is 22.0.